The molecule has 1 N–H and O–H groups in total. The van der Waals surface area contributed by atoms with Gasteiger partial charge in [0, 0.05) is 11.6 Å². The molecule has 0 saturated carbocycles. The van der Waals surface area contributed by atoms with Gasteiger partial charge >= 0.3 is 12.1 Å². The maximum absolute atomic E-state index is 13.4. The summed E-state index contributed by atoms with van der Waals surface area (Å²) in [6.07, 6.45) is -3.28. The van der Waals surface area contributed by atoms with Crippen molar-refractivity contribution in [2.24, 2.45) is 0 Å². The second kappa shape index (κ2) is 8.38. The minimum atomic E-state index is -4.56. The number of aromatic nitrogens is 1. The van der Waals surface area contributed by atoms with Crippen LogP contribution < -0.4 is 10.1 Å². The van der Waals surface area contributed by atoms with Gasteiger partial charge in [0.25, 0.3) is 0 Å². The first-order valence-electron chi connectivity index (χ1n) is 9.01. The third-order valence-corrected chi connectivity index (χ3v) is 4.15. The van der Waals surface area contributed by atoms with Crippen molar-refractivity contribution in [3.8, 4) is 5.75 Å². The fourth-order valence-corrected chi connectivity index (χ4v) is 2.94. The molecule has 0 unspecified atom stereocenters. The predicted octanol–water partition coefficient (Wildman–Crippen LogP) is 5.57. The predicted molar refractivity (Wildman–Crippen MR) is 104 cm³/mol. The van der Waals surface area contributed by atoms with E-state index >= 15 is 0 Å². The number of pyridine rings is 1. The number of carbonyl (C=O) groups excluding carboxylic acids is 1. The standard InChI is InChI=1S/C21H19F3N2O3/c1-3-28-17-11-7-8-13-18(14(12-25-19(13)17)20(27)29-4-2)26-16-10-6-5-9-15(16)21(22,23)24/h5-12H,3-4H2,1-2H3,(H,25,26). The van der Waals surface area contributed by atoms with E-state index in [0.29, 0.717) is 23.3 Å². The van der Waals surface area contributed by atoms with E-state index in [2.05, 4.69) is 10.3 Å². The van der Waals surface area contributed by atoms with Gasteiger partial charge in [-0.1, -0.05) is 24.3 Å². The molecule has 29 heavy (non-hydrogen) atoms. The normalized spacial score (nSPS) is 11.3. The first kappa shape index (κ1) is 20.4. The monoisotopic (exact) mass is 404 g/mol. The molecule has 0 spiro atoms. The van der Waals surface area contributed by atoms with Gasteiger partial charge in [-0.2, -0.15) is 13.2 Å². The SMILES string of the molecule is CCOC(=O)c1cnc2c(OCC)cccc2c1Nc1ccccc1C(F)(F)F. The molecule has 5 nitrogen and oxygen atoms in total. The molecule has 0 amide bonds. The van der Waals surface area contributed by atoms with Crippen LogP contribution >= 0.6 is 0 Å². The highest BCUT2D eigenvalue weighted by atomic mass is 19.4. The highest BCUT2D eigenvalue weighted by molar-refractivity contribution is 6.07. The topological polar surface area (TPSA) is 60.5 Å². The molecule has 0 bridgehead atoms. The molecule has 8 heteroatoms. The summed E-state index contributed by atoms with van der Waals surface area (Å²) >= 11 is 0. The van der Waals surface area contributed by atoms with Crippen molar-refractivity contribution in [2.45, 2.75) is 20.0 Å². The second-order valence-electron chi connectivity index (χ2n) is 6.02. The van der Waals surface area contributed by atoms with Gasteiger partial charge < -0.3 is 14.8 Å². The number of fused-ring (bicyclic) bond motifs is 1. The molecule has 1 heterocycles. The summed E-state index contributed by atoms with van der Waals surface area (Å²) in [6.45, 7) is 3.96. The van der Waals surface area contributed by atoms with Gasteiger partial charge in [0.05, 0.1) is 30.2 Å². The molecule has 1 aromatic heterocycles. The van der Waals surface area contributed by atoms with Crippen LogP contribution in [0.25, 0.3) is 10.9 Å². The number of rotatable bonds is 6. The smallest absolute Gasteiger partial charge is 0.418 e. The number of hydrogen-bond acceptors (Lipinski definition) is 5. The van der Waals surface area contributed by atoms with Gasteiger partial charge in [0.15, 0.2) is 0 Å². The lowest BCUT2D eigenvalue weighted by Crippen LogP contribution is -2.12. The number of halogens is 3. The zero-order chi connectivity index (χ0) is 21.0. The molecule has 0 aliphatic rings. The third kappa shape index (κ3) is 4.26. The maximum atomic E-state index is 13.4. The molecule has 3 rings (SSSR count). The molecule has 2 aromatic carbocycles. The molecule has 0 atom stereocenters. The third-order valence-electron chi connectivity index (χ3n) is 4.15. The number of anilines is 2. The van der Waals surface area contributed by atoms with E-state index < -0.39 is 17.7 Å². The summed E-state index contributed by atoms with van der Waals surface area (Å²) in [5.41, 5.74) is -0.397. The number of benzene rings is 2. The number of para-hydroxylation sites is 2. The minimum absolute atomic E-state index is 0.0324. The van der Waals surface area contributed by atoms with Crippen molar-refractivity contribution in [1.82, 2.24) is 4.98 Å². The molecule has 0 aliphatic carbocycles. The summed E-state index contributed by atoms with van der Waals surface area (Å²) in [5, 5.41) is 3.23. The summed E-state index contributed by atoms with van der Waals surface area (Å²) in [7, 11) is 0. The lowest BCUT2D eigenvalue weighted by atomic mass is 10.1. The van der Waals surface area contributed by atoms with Crippen LogP contribution in [0.5, 0.6) is 5.75 Å². The Hall–Kier alpha value is -3.29. The van der Waals surface area contributed by atoms with Crippen molar-refractivity contribution in [1.29, 1.82) is 0 Å². The van der Waals surface area contributed by atoms with E-state index in [0.717, 1.165) is 6.07 Å². The van der Waals surface area contributed by atoms with Crippen LogP contribution in [0.1, 0.15) is 29.8 Å². The molecular weight excluding hydrogens is 385 g/mol. The zero-order valence-corrected chi connectivity index (χ0v) is 15.8. The quantitative estimate of drug-likeness (QED) is 0.544. The average molecular weight is 404 g/mol. The number of nitrogens with one attached hydrogen (secondary N) is 1. The van der Waals surface area contributed by atoms with Crippen LogP contribution in [0.3, 0.4) is 0 Å². The minimum Gasteiger partial charge on any atom is -0.492 e. The van der Waals surface area contributed by atoms with Crippen molar-refractivity contribution >= 4 is 28.2 Å². The van der Waals surface area contributed by atoms with Gasteiger partial charge in [0.2, 0.25) is 0 Å². The van der Waals surface area contributed by atoms with Gasteiger partial charge in [0.1, 0.15) is 16.8 Å². The highest BCUT2D eigenvalue weighted by Crippen LogP contribution is 2.39. The van der Waals surface area contributed by atoms with Gasteiger partial charge in [-0.3, -0.25) is 4.98 Å². The van der Waals surface area contributed by atoms with Crippen molar-refractivity contribution in [2.75, 3.05) is 18.5 Å². The Kier molecular flexibility index (Phi) is 5.91. The largest absolute Gasteiger partial charge is 0.492 e. The van der Waals surface area contributed by atoms with Crippen LogP contribution in [0.15, 0.2) is 48.7 Å². The molecule has 152 valence electrons. The van der Waals surface area contributed by atoms with Crippen LogP contribution in [-0.4, -0.2) is 24.2 Å². The zero-order valence-electron chi connectivity index (χ0n) is 15.8. The van der Waals surface area contributed by atoms with Gasteiger partial charge in [-0.15, -0.1) is 0 Å². The summed E-state index contributed by atoms with van der Waals surface area (Å²) < 4.78 is 51.0. The maximum Gasteiger partial charge on any atom is 0.418 e. The molecule has 0 radical (unpaired) electrons. The van der Waals surface area contributed by atoms with E-state index in [9.17, 15) is 18.0 Å². The highest BCUT2D eigenvalue weighted by Gasteiger charge is 2.33. The Morgan fingerprint density at radius 3 is 2.52 bits per heavy atom. The van der Waals surface area contributed by atoms with Crippen molar-refractivity contribution < 1.29 is 27.4 Å². The molecule has 0 aliphatic heterocycles. The van der Waals surface area contributed by atoms with Crippen LogP contribution in [0.4, 0.5) is 24.5 Å². The van der Waals surface area contributed by atoms with E-state index in [1.807, 2.05) is 6.92 Å². The van der Waals surface area contributed by atoms with Gasteiger partial charge in [-0.05, 0) is 32.0 Å². The number of nitrogens with zero attached hydrogens (tertiary/aromatic N) is 1. The Labute approximate surface area is 165 Å². The summed E-state index contributed by atoms with van der Waals surface area (Å²) in [4.78, 5) is 16.7. The van der Waals surface area contributed by atoms with Crippen LogP contribution in [0.2, 0.25) is 0 Å². The van der Waals surface area contributed by atoms with Gasteiger partial charge in [-0.25, -0.2) is 4.79 Å². The molecule has 3 aromatic rings. The molecule has 0 fully saturated rings. The number of esters is 1. The first-order valence-corrected chi connectivity index (χ1v) is 9.01. The number of hydrogen-bond donors (Lipinski definition) is 1. The van der Waals surface area contributed by atoms with Crippen molar-refractivity contribution in [3.05, 3.63) is 59.8 Å². The molecule has 0 saturated heterocycles. The average Bonchev–Trinajstić information content (AvgIpc) is 2.68. The van der Waals surface area contributed by atoms with E-state index in [4.69, 9.17) is 9.47 Å². The van der Waals surface area contributed by atoms with Crippen molar-refractivity contribution in [3.63, 3.8) is 0 Å². The number of alkyl halides is 3. The lowest BCUT2D eigenvalue weighted by molar-refractivity contribution is -0.136. The Morgan fingerprint density at radius 1 is 1.07 bits per heavy atom. The lowest BCUT2D eigenvalue weighted by Gasteiger charge is -2.18. The summed E-state index contributed by atoms with van der Waals surface area (Å²) in [5.74, 6) is -0.219. The fraction of sp³-hybridized carbons (Fsp3) is 0.238. The fourth-order valence-electron chi connectivity index (χ4n) is 2.94. The summed E-state index contributed by atoms with van der Waals surface area (Å²) in [6, 6.07) is 10.1. The van der Waals surface area contributed by atoms with Crippen LogP contribution in [0, 0.1) is 0 Å². The Balaban J connectivity index is 2.23. The van der Waals surface area contributed by atoms with E-state index in [1.165, 1.54) is 24.4 Å². The number of carbonyl (C=O) groups is 1. The van der Waals surface area contributed by atoms with Crippen LogP contribution in [-0.2, 0) is 10.9 Å². The Morgan fingerprint density at radius 2 is 1.83 bits per heavy atom. The van der Waals surface area contributed by atoms with E-state index in [1.54, 1.807) is 25.1 Å². The second-order valence-corrected chi connectivity index (χ2v) is 6.02. The Bertz CT molecular complexity index is 1040. The van der Waals surface area contributed by atoms with E-state index in [-0.39, 0.29) is 23.5 Å². The number of ether oxygens (including phenoxy) is 2. The first-order chi connectivity index (χ1) is 13.9. The molecular formula is C21H19F3N2O3.